The maximum atomic E-state index is 12.7. The van der Waals surface area contributed by atoms with Crippen LogP contribution in [0.3, 0.4) is 0 Å². The van der Waals surface area contributed by atoms with Crippen molar-refractivity contribution in [3.8, 4) is 0 Å². The summed E-state index contributed by atoms with van der Waals surface area (Å²) in [7, 11) is 0. The zero-order valence-corrected chi connectivity index (χ0v) is 13.1. The number of fused-ring (bicyclic) bond motifs is 1. The van der Waals surface area contributed by atoms with Crippen LogP contribution in [-0.4, -0.2) is 35.3 Å². The number of H-pyrrole nitrogens is 1. The van der Waals surface area contributed by atoms with Crippen LogP contribution in [0.25, 0.3) is 10.9 Å². The molecule has 1 saturated heterocycles. The number of likely N-dealkylation sites (tertiary alicyclic amines) is 1. The van der Waals surface area contributed by atoms with Crippen molar-refractivity contribution in [3.05, 3.63) is 35.5 Å². The highest BCUT2D eigenvalue weighted by Gasteiger charge is 2.24. The molecule has 3 heteroatoms. The van der Waals surface area contributed by atoms with Crippen LogP contribution in [0, 0.1) is 18.8 Å². The lowest BCUT2D eigenvalue weighted by Gasteiger charge is -2.34. The number of benzene rings is 1. The molecule has 0 amide bonds. The Morgan fingerprint density at radius 2 is 2.00 bits per heavy atom. The molecule has 112 valence electrons. The second-order valence-electron chi connectivity index (χ2n) is 6.81. The fourth-order valence-electron chi connectivity index (χ4n) is 3.67. The second kappa shape index (κ2) is 5.64. The summed E-state index contributed by atoms with van der Waals surface area (Å²) in [5.41, 5.74) is 3.07. The Kier molecular flexibility index (Phi) is 3.85. The van der Waals surface area contributed by atoms with Gasteiger partial charge in [-0.25, -0.2) is 0 Å². The van der Waals surface area contributed by atoms with E-state index in [0.29, 0.717) is 18.4 Å². The van der Waals surface area contributed by atoms with Crippen LogP contribution >= 0.6 is 0 Å². The van der Waals surface area contributed by atoms with Crippen LogP contribution in [0.2, 0.25) is 0 Å². The SMILES string of the molecule is Cc1ccc2[nH]cc(C(=O)CN3C[C@@H](C)C[C@H](C)C3)c2c1. The molecule has 0 spiro atoms. The lowest BCUT2D eigenvalue weighted by atomic mass is 9.91. The molecule has 0 unspecified atom stereocenters. The summed E-state index contributed by atoms with van der Waals surface area (Å²) in [4.78, 5) is 18.2. The molecule has 2 aromatic rings. The summed E-state index contributed by atoms with van der Waals surface area (Å²) in [6.07, 6.45) is 3.14. The number of carbonyl (C=O) groups is 1. The third-order valence-corrected chi connectivity index (χ3v) is 4.45. The number of hydrogen-bond acceptors (Lipinski definition) is 2. The predicted octanol–water partition coefficient (Wildman–Crippen LogP) is 3.64. The Morgan fingerprint density at radius 3 is 2.71 bits per heavy atom. The van der Waals surface area contributed by atoms with Crippen molar-refractivity contribution in [3.63, 3.8) is 0 Å². The fourth-order valence-corrected chi connectivity index (χ4v) is 3.67. The van der Waals surface area contributed by atoms with E-state index in [1.165, 1.54) is 12.0 Å². The highest BCUT2D eigenvalue weighted by Crippen LogP contribution is 2.23. The maximum absolute atomic E-state index is 12.7. The van der Waals surface area contributed by atoms with Gasteiger partial charge in [0, 0.05) is 35.8 Å². The Hall–Kier alpha value is -1.61. The van der Waals surface area contributed by atoms with Gasteiger partial charge in [0.15, 0.2) is 5.78 Å². The molecule has 2 atom stereocenters. The van der Waals surface area contributed by atoms with E-state index in [4.69, 9.17) is 0 Å². The van der Waals surface area contributed by atoms with Gasteiger partial charge >= 0.3 is 0 Å². The van der Waals surface area contributed by atoms with E-state index in [2.05, 4.69) is 42.8 Å². The molecule has 3 rings (SSSR count). The first-order valence-electron chi connectivity index (χ1n) is 7.86. The minimum atomic E-state index is 0.230. The summed E-state index contributed by atoms with van der Waals surface area (Å²) in [6, 6.07) is 6.22. The topological polar surface area (TPSA) is 36.1 Å². The van der Waals surface area contributed by atoms with Crippen LogP contribution in [0.15, 0.2) is 24.4 Å². The summed E-state index contributed by atoms with van der Waals surface area (Å²) < 4.78 is 0. The Labute approximate surface area is 126 Å². The van der Waals surface area contributed by atoms with E-state index in [0.717, 1.165) is 29.6 Å². The highest BCUT2D eigenvalue weighted by molar-refractivity contribution is 6.08. The minimum Gasteiger partial charge on any atom is -0.360 e. The number of aromatic nitrogens is 1. The molecule has 1 aliphatic heterocycles. The van der Waals surface area contributed by atoms with Crippen LogP contribution in [0.4, 0.5) is 0 Å². The van der Waals surface area contributed by atoms with E-state index in [1.54, 1.807) is 0 Å². The van der Waals surface area contributed by atoms with Crippen LogP contribution < -0.4 is 0 Å². The Bertz CT molecular complexity index is 648. The summed E-state index contributed by atoms with van der Waals surface area (Å²) in [6.45, 7) is 9.24. The third kappa shape index (κ3) is 3.03. The molecule has 1 aliphatic rings. The molecular formula is C18H24N2O. The van der Waals surface area contributed by atoms with Gasteiger partial charge in [0.1, 0.15) is 0 Å². The van der Waals surface area contributed by atoms with E-state index in [1.807, 2.05) is 12.3 Å². The number of carbonyl (C=O) groups excluding carboxylic acids is 1. The lowest BCUT2D eigenvalue weighted by molar-refractivity contribution is 0.0851. The molecule has 1 aromatic heterocycles. The zero-order valence-electron chi connectivity index (χ0n) is 13.1. The van der Waals surface area contributed by atoms with Crippen molar-refractivity contribution in [2.24, 2.45) is 11.8 Å². The summed E-state index contributed by atoms with van der Waals surface area (Å²) in [5.74, 6) is 1.60. The molecule has 1 N–H and O–H groups in total. The lowest BCUT2D eigenvalue weighted by Crippen LogP contribution is -2.41. The second-order valence-corrected chi connectivity index (χ2v) is 6.81. The van der Waals surface area contributed by atoms with Crippen molar-refractivity contribution >= 4 is 16.7 Å². The number of nitrogens with one attached hydrogen (secondary N) is 1. The molecule has 0 saturated carbocycles. The summed E-state index contributed by atoms with van der Waals surface area (Å²) >= 11 is 0. The van der Waals surface area contributed by atoms with Crippen molar-refractivity contribution < 1.29 is 4.79 Å². The van der Waals surface area contributed by atoms with Gasteiger partial charge in [-0.1, -0.05) is 25.5 Å². The van der Waals surface area contributed by atoms with E-state index in [9.17, 15) is 4.79 Å². The maximum Gasteiger partial charge on any atom is 0.178 e. The van der Waals surface area contributed by atoms with Crippen LogP contribution in [0.5, 0.6) is 0 Å². The first-order chi connectivity index (χ1) is 10.0. The fraction of sp³-hybridized carbons (Fsp3) is 0.500. The predicted molar refractivity (Wildman–Crippen MR) is 86.8 cm³/mol. The van der Waals surface area contributed by atoms with Crippen LogP contribution in [0.1, 0.15) is 36.2 Å². The van der Waals surface area contributed by atoms with Crippen LogP contribution in [-0.2, 0) is 0 Å². The highest BCUT2D eigenvalue weighted by atomic mass is 16.1. The Balaban J connectivity index is 1.79. The van der Waals surface area contributed by atoms with Gasteiger partial charge in [-0.15, -0.1) is 0 Å². The molecule has 1 aromatic carbocycles. The van der Waals surface area contributed by atoms with Crippen molar-refractivity contribution in [1.29, 1.82) is 0 Å². The molecule has 2 heterocycles. The number of ketones is 1. The first-order valence-corrected chi connectivity index (χ1v) is 7.86. The van der Waals surface area contributed by atoms with Gasteiger partial charge in [-0.3, -0.25) is 9.69 Å². The standard InChI is InChI=1S/C18H24N2O/c1-12-4-5-17-15(7-12)16(8-19-17)18(21)11-20-9-13(2)6-14(3)10-20/h4-5,7-8,13-14,19H,6,9-11H2,1-3H3/t13-,14-/m0/s1. The molecule has 3 nitrogen and oxygen atoms in total. The molecule has 0 radical (unpaired) electrons. The number of aryl methyl sites for hydroxylation is 1. The van der Waals surface area contributed by atoms with Gasteiger partial charge in [-0.05, 0) is 37.3 Å². The third-order valence-electron chi connectivity index (χ3n) is 4.45. The van der Waals surface area contributed by atoms with Gasteiger partial charge in [0.25, 0.3) is 0 Å². The van der Waals surface area contributed by atoms with Crippen molar-refractivity contribution in [1.82, 2.24) is 9.88 Å². The number of piperidine rings is 1. The molecular weight excluding hydrogens is 260 g/mol. The van der Waals surface area contributed by atoms with Gasteiger partial charge in [-0.2, -0.15) is 0 Å². The van der Waals surface area contributed by atoms with E-state index >= 15 is 0 Å². The summed E-state index contributed by atoms with van der Waals surface area (Å²) in [5, 5.41) is 1.05. The normalized spacial score (nSPS) is 23.6. The monoisotopic (exact) mass is 284 g/mol. The molecule has 21 heavy (non-hydrogen) atoms. The van der Waals surface area contributed by atoms with E-state index in [-0.39, 0.29) is 5.78 Å². The average Bonchev–Trinajstić information content (AvgIpc) is 2.80. The zero-order chi connectivity index (χ0) is 15.0. The average molecular weight is 284 g/mol. The van der Waals surface area contributed by atoms with Crippen molar-refractivity contribution in [2.75, 3.05) is 19.6 Å². The first kappa shape index (κ1) is 14.3. The number of nitrogens with zero attached hydrogens (tertiary/aromatic N) is 1. The van der Waals surface area contributed by atoms with Crippen molar-refractivity contribution in [2.45, 2.75) is 27.2 Å². The number of aromatic amines is 1. The van der Waals surface area contributed by atoms with Gasteiger partial charge in [0.05, 0.1) is 6.54 Å². The largest absolute Gasteiger partial charge is 0.360 e. The van der Waals surface area contributed by atoms with E-state index < -0.39 is 0 Å². The minimum absolute atomic E-state index is 0.230. The Morgan fingerprint density at radius 1 is 1.29 bits per heavy atom. The quantitative estimate of drug-likeness (QED) is 0.874. The van der Waals surface area contributed by atoms with Gasteiger partial charge < -0.3 is 4.98 Å². The number of rotatable bonds is 3. The molecule has 0 bridgehead atoms. The smallest absolute Gasteiger partial charge is 0.178 e. The molecule has 1 fully saturated rings. The van der Waals surface area contributed by atoms with Gasteiger partial charge in [0.2, 0.25) is 0 Å². The number of hydrogen-bond donors (Lipinski definition) is 1. The number of Topliss-reactive ketones (excluding diaryl/α,β-unsaturated/α-hetero) is 1. The molecule has 0 aliphatic carbocycles.